The molecule has 0 heterocycles. The Bertz CT molecular complexity index is 287. The molecule has 0 aliphatic heterocycles. The fourth-order valence-electron chi connectivity index (χ4n) is 2.33. The van der Waals surface area contributed by atoms with Crippen LogP contribution in [0.1, 0.15) is 58.8 Å². The van der Waals surface area contributed by atoms with Crippen LogP contribution in [0.25, 0.3) is 0 Å². The maximum atomic E-state index is 11.9. The van der Waals surface area contributed by atoms with E-state index < -0.39 is 5.54 Å². The largest absolute Gasteiger partial charge is 0.391 e. The lowest BCUT2D eigenvalue weighted by molar-refractivity contribution is -0.122. The van der Waals surface area contributed by atoms with E-state index in [4.69, 9.17) is 18.0 Å². The van der Waals surface area contributed by atoms with Crippen LogP contribution in [0.5, 0.6) is 0 Å². The Balaban J connectivity index is 2.34. The van der Waals surface area contributed by atoms with Gasteiger partial charge in [-0.25, -0.2) is 0 Å². The van der Waals surface area contributed by atoms with Crippen molar-refractivity contribution in [1.29, 1.82) is 0 Å². The Hall–Kier alpha value is -0.640. The number of amides is 1. The lowest BCUT2D eigenvalue weighted by Crippen LogP contribution is -2.54. The van der Waals surface area contributed by atoms with Gasteiger partial charge in [0.15, 0.2) is 0 Å². The van der Waals surface area contributed by atoms with Crippen LogP contribution in [0.3, 0.4) is 0 Å². The second kappa shape index (κ2) is 6.34. The van der Waals surface area contributed by atoms with Crippen LogP contribution >= 0.6 is 12.2 Å². The van der Waals surface area contributed by atoms with Crippen molar-refractivity contribution in [1.82, 2.24) is 5.32 Å². The zero-order valence-electron chi connectivity index (χ0n) is 10.9. The summed E-state index contributed by atoms with van der Waals surface area (Å²) in [5.74, 6) is 0.826. The molecule has 0 aromatic heterocycles. The van der Waals surface area contributed by atoms with E-state index in [1.807, 2.05) is 13.8 Å². The number of nitrogens with two attached hydrogens (primary N) is 1. The molecule has 1 unspecified atom stereocenters. The number of hydrogen-bond donors (Lipinski definition) is 2. The van der Waals surface area contributed by atoms with Gasteiger partial charge in [0.25, 0.3) is 0 Å². The van der Waals surface area contributed by atoms with Crippen molar-refractivity contribution < 1.29 is 4.79 Å². The number of nitrogens with one attached hydrogen (secondary N) is 1. The third-order valence-electron chi connectivity index (χ3n) is 3.92. The Kier molecular flexibility index (Phi) is 5.37. The molecular formula is C13H24N2OS. The van der Waals surface area contributed by atoms with Gasteiger partial charge in [0.2, 0.25) is 5.91 Å². The SMILES string of the molecule is CCC(C)(NC(=O)CCC1CCCC1)C(N)=S. The van der Waals surface area contributed by atoms with Crippen LogP contribution in [0.4, 0.5) is 0 Å². The van der Waals surface area contributed by atoms with Gasteiger partial charge in [-0.1, -0.05) is 44.8 Å². The van der Waals surface area contributed by atoms with Crippen LogP contribution in [0, 0.1) is 5.92 Å². The van der Waals surface area contributed by atoms with Gasteiger partial charge in [0.1, 0.15) is 0 Å². The Morgan fingerprint density at radius 3 is 2.53 bits per heavy atom. The van der Waals surface area contributed by atoms with Gasteiger partial charge < -0.3 is 11.1 Å². The van der Waals surface area contributed by atoms with Gasteiger partial charge >= 0.3 is 0 Å². The molecule has 98 valence electrons. The van der Waals surface area contributed by atoms with E-state index in [2.05, 4.69) is 5.32 Å². The van der Waals surface area contributed by atoms with Gasteiger partial charge in [0, 0.05) is 6.42 Å². The number of carbonyl (C=O) groups excluding carboxylic acids is 1. The van der Waals surface area contributed by atoms with E-state index in [9.17, 15) is 4.79 Å². The third kappa shape index (κ3) is 4.26. The van der Waals surface area contributed by atoms with E-state index in [1.165, 1.54) is 25.7 Å². The molecule has 1 saturated carbocycles. The van der Waals surface area contributed by atoms with Crippen LogP contribution in [-0.4, -0.2) is 16.4 Å². The van der Waals surface area contributed by atoms with Crippen molar-refractivity contribution in [2.24, 2.45) is 11.7 Å². The number of thiocarbonyl (C=S) groups is 1. The van der Waals surface area contributed by atoms with Crippen LogP contribution in [0.15, 0.2) is 0 Å². The molecule has 17 heavy (non-hydrogen) atoms. The van der Waals surface area contributed by atoms with Crippen molar-refractivity contribution in [3.8, 4) is 0 Å². The first-order chi connectivity index (χ1) is 7.98. The topological polar surface area (TPSA) is 55.1 Å². The van der Waals surface area contributed by atoms with Crippen LogP contribution in [-0.2, 0) is 4.79 Å². The Morgan fingerprint density at radius 2 is 2.06 bits per heavy atom. The number of hydrogen-bond acceptors (Lipinski definition) is 2. The first-order valence-electron chi connectivity index (χ1n) is 6.59. The number of carbonyl (C=O) groups is 1. The molecule has 0 aromatic carbocycles. The highest BCUT2D eigenvalue weighted by Gasteiger charge is 2.27. The fraction of sp³-hybridized carbons (Fsp3) is 0.846. The summed E-state index contributed by atoms with van der Waals surface area (Å²) in [4.78, 5) is 12.2. The first-order valence-corrected chi connectivity index (χ1v) is 6.99. The molecule has 1 amide bonds. The van der Waals surface area contributed by atoms with Crippen LogP contribution in [0.2, 0.25) is 0 Å². The van der Waals surface area contributed by atoms with Crippen LogP contribution < -0.4 is 11.1 Å². The minimum absolute atomic E-state index is 0.0778. The minimum Gasteiger partial charge on any atom is -0.391 e. The standard InChI is InChI=1S/C13H24N2OS/c1-3-13(2,12(14)17)15-11(16)9-8-10-6-4-5-7-10/h10H,3-9H2,1-2H3,(H2,14,17)(H,15,16). The molecule has 1 fully saturated rings. The maximum absolute atomic E-state index is 11.9. The summed E-state index contributed by atoms with van der Waals surface area (Å²) in [7, 11) is 0. The first kappa shape index (κ1) is 14.4. The Morgan fingerprint density at radius 1 is 1.47 bits per heavy atom. The molecule has 3 nitrogen and oxygen atoms in total. The average Bonchev–Trinajstić information content (AvgIpc) is 2.78. The van der Waals surface area contributed by atoms with Gasteiger partial charge in [-0.2, -0.15) is 0 Å². The third-order valence-corrected chi connectivity index (χ3v) is 4.37. The number of rotatable bonds is 6. The normalized spacial score (nSPS) is 19.9. The predicted octanol–water partition coefficient (Wildman–Crippen LogP) is 2.53. The molecule has 0 radical (unpaired) electrons. The van der Waals surface area contributed by atoms with Crippen molar-refractivity contribution in [3.63, 3.8) is 0 Å². The summed E-state index contributed by atoms with van der Waals surface area (Å²) < 4.78 is 0. The Labute approximate surface area is 110 Å². The van der Waals surface area contributed by atoms with Crippen molar-refractivity contribution >= 4 is 23.1 Å². The average molecular weight is 256 g/mol. The summed E-state index contributed by atoms with van der Waals surface area (Å²) in [5, 5.41) is 2.96. The lowest BCUT2D eigenvalue weighted by Gasteiger charge is -2.28. The minimum atomic E-state index is -0.526. The van der Waals surface area contributed by atoms with Gasteiger partial charge in [-0.15, -0.1) is 0 Å². The maximum Gasteiger partial charge on any atom is 0.220 e. The molecular weight excluding hydrogens is 232 g/mol. The summed E-state index contributed by atoms with van der Waals surface area (Å²) in [6.07, 6.45) is 7.56. The predicted molar refractivity (Wildman–Crippen MR) is 74.8 cm³/mol. The summed E-state index contributed by atoms with van der Waals surface area (Å²) in [6, 6.07) is 0. The molecule has 1 aliphatic carbocycles. The fourth-order valence-corrected chi connectivity index (χ4v) is 2.52. The molecule has 3 N–H and O–H groups in total. The highest BCUT2D eigenvalue weighted by molar-refractivity contribution is 7.80. The summed E-state index contributed by atoms with van der Waals surface area (Å²) >= 11 is 5.00. The molecule has 0 spiro atoms. The quantitative estimate of drug-likeness (QED) is 0.718. The zero-order chi connectivity index (χ0) is 12.9. The molecule has 1 aliphatic rings. The zero-order valence-corrected chi connectivity index (χ0v) is 11.7. The molecule has 1 rings (SSSR count). The molecule has 0 aromatic rings. The lowest BCUT2D eigenvalue weighted by atomic mass is 9.97. The summed E-state index contributed by atoms with van der Waals surface area (Å²) in [5.41, 5.74) is 5.14. The monoisotopic (exact) mass is 256 g/mol. The molecule has 0 saturated heterocycles. The van der Waals surface area contributed by atoms with E-state index in [0.717, 1.165) is 18.8 Å². The van der Waals surface area contributed by atoms with Crippen molar-refractivity contribution in [3.05, 3.63) is 0 Å². The second-order valence-corrected chi connectivity index (χ2v) is 5.73. The molecule has 4 heteroatoms. The van der Waals surface area contributed by atoms with Gasteiger partial charge in [0.05, 0.1) is 10.5 Å². The molecule has 1 atom stereocenters. The van der Waals surface area contributed by atoms with E-state index in [1.54, 1.807) is 0 Å². The van der Waals surface area contributed by atoms with E-state index >= 15 is 0 Å². The second-order valence-electron chi connectivity index (χ2n) is 5.29. The van der Waals surface area contributed by atoms with Gasteiger partial charge in [-0.3, -0.25) is 4.79 Å². The van der Waals surface area contributed by atoms with Gasteiger partial charge in [-0.05, 0) is 25.7 Å². The molecule has 0 bridgehead atoms. The van der Waals surface area contributed by atoms with Crippen molar-refractivity contribution in [2.45, 2.75) is 64.3 Å². The van der Waals surface area contributed by atoms with E-state index in [-0.39, 0.29) is 5.91 Å². The van der Waals surface area contributed by atoms with Crippen molar-refractivity contribution in [2.75, 3.05) is 0 Å². The van der Waals surface area contributed by atoms with E-state index in [0.29, 0.717) is 11.4 Å². The summed E-state index contributed by atoms with van der Waals surface area (Å²) in [6.45, 7) is 3.87. The highest BCUT2D eigenvalue weighted by Crippen LogP contribution is 2.28. The highest BCUT2D eigenvalue weighted by atomic mass is 32.1. The smallest absolute Gasteiger partial charge is 0.220 e.